The first kappa shape index (κ1) is 10.4. The lowest BCUT2D eigenvalue weighted by atomic mass is 9.92. The van der Waals surface area contributed by atoms with Gasteiger partial charge in [-0.1, -0.05) is 18.9 Å². The highest BCUT2D eigenvalue weighted by Crippen LogP contribution is 2.39. The van der Waals surface area contributed by atoms with Crippen LogP contribution in [0.2, 0.25) is 0 Å². The Labute approximate surface area is 88.7 Å². The van der Waals surface area contributed by atoms with Crippen molar-refractivity contribution in [2.45, 2.75) is 31.3 Å². The van der Waals surface area contributed by atoms with Crippen LogP contribution in [-0.4, -0.2) is 12.2 Å². The molecule has 0 spiro atoms. The maximum absolute atomic E-state index is 13.2. The van der Waals surface area contributed by atoms with Crippen LogP contribution in [0.3, 0.4) is 0 Å². The van der Waals surface area contributed by atoms with Crippen molar-refractivity contribution in [1.82, 2.24) is 0 Å². The van der Waals surface area contributed by atoms with Crippen molar-refractivity contribution in [2.75, 3.05) is 7.11 Å². The van der Waals surface area contributed by atoms with Gasteiger partial charge in [0.05, 0.1) is 12.7 Å². The molecule has 0 saturated heterocycles. The lowest BCUT2D eigenvalue weighted by Gasteiger charge is -2.23. The molecular formula is C12H15FO2. The third-order valence-corrected chi connectivity index (χ3v) is 3.12. The van der Waals surface area contributed by atoms with Crippen molar-refractivity contribution in [3.63, 3.8) is 0 Å². The summed E-state index contributed by atoms with van der Waals surface area (Å²) in [7, 11) is 1.43. The summed E-state index contributed by atoms with van der Waals surface area (Å²) in [6, 6.07) is 4.59. The largest absolute Gasteiger partial charge is 0.494 e. The highest BCUT2D eigenvalue weighted by atomic mass is 19.1. The van der Waals surface area contributed by atoms with Gasteiger partial charge in [0.25, 0.3) is 0 Å². The van der Waals surface area contributed by atoms with E-state index >= 15 is 0 Å². The standard InChI is InChI=1S/C12H15FO2/c1-15-11-8-9(4-5-10(11)13)12(14)6-2-3-7-12/h4-5,8,14H,2-3,6-7H2,1H3. The molecule has 1 aliphatic rings. The Morgan fingerprint density at radius 3 is 2.60 bits per heavy atom. The molecule has 1 saturated carbocycles. The summed E-state index contributed by atoms with van der Waals surface area (Å²) in [5.41, 5.74) is -0.0145. The van der Waals surface area contributed by atoms with Gasteiger partial charge in [0, 0.05) is 0 Å². The van der Waals surface area contributed by atoms with Gasteiger partial charge >= 0.3 is 0 Å². The third kappa shape index (κ3) is 1.84. The molecule has 1 fully saturated rings. The maximum atomic E-state index is 13.2. The zero-order valence-corrected chi connectivity index (χ0v) is 8.79. The molecule has 82 valence electrons. The molecule has 0 aromatic heterocycles. The monoisotopic (exact) mass is 210 g/mol. The summed E-state index contributed by atoms with van der Waals surface area (Å²) in [6.07, 6.45) is 3.55. The predicted octanol–water partition coefficient (Wildman–Crippen LogP) is 2.60. The Hall–Kier alpha value is -1.09. The number of halogens is 1. The average Bonchev–Trinajstić information content (AvgIpc) is 2.67. The van der Waals surface area contributed by atoms with E-state index in [4.69, 9.17) is 4.74 Å². The molecule has 15 heavy (non-hydrogen) atoms. The van der Waals surface area contributed by atoms with E-state index in [1.165, 1.54) is 13.2 Å². The molecule has 1 N–H and O–H groups in total. The van der Waals surface area contributed by atoms with E-state index < -0.39 is 5.60 Å². The number of hydrogen-bond acceptors (Lipinski definition) is 2. The Kier molecular flexibility index (Phi) is 2.65. The van der Waals surface area contributed by atoms with Gasteiger partial charge in [-0.15, -0.1) is 0 Å². The fourth-order valence-electron chi connectivity index (χ4n) is 2.20. The minimum atomic E-state index is -0.777. The SMILES string of the molecule is COc1cc(C2(O)CCCC2)ccc1F. The topological polar surface area (TPSA) is 29.5 Å². The van der Waals surface area contributed by atoms with Gasteiger partial charge in [-0.3, -0.25) is 0 Å². The quantitative estimate of drug-likeness (QED) is 0.813. The molecular weight excluding hydrogens is 195 g/mol. The lowest BCUT2D eigenvalue weighted by molar-refractivity contribution is 0.0441. The van der Waals surface area contributed by atoms with Crippen LogP contribution in [0.5, 0.6) is 5.75 Å². The average molecular weight is 210 g/mol. The zero-order chi connectivity index (χ0) is 10.9. The van der Waals surface area contributed by atoms with Crippen LogP contribution < -0.4 is 4.74 Å². The number of benzene rings is 1. The highest BCUT2D eigenvalue weighted by Gasteiger charge is 2.33. The fourth-order valence-corrected chi connectivity index (χ4v) is 2.20. The van der Waals surface area contributed by atoms with Crippen molar-refractivity contribution >= 4 is 0 Å². The number of aliphatic hydroxyl groups is 1. The number of rotatable bonds is 2. The lowest BCUT2D eigenvalue weighted by Crippen LogP contribution is -2.20. The van der Waals surface area contributed by atoms with E-state index in [9.17, 15) is 9.50 Å². The second-order valence-electron chi connectivity index (χ2n) is 4.09. The van der Waals surface area contributed by atoms with Crippen LogP contribution >= 0.6 is 0 Å². The summed E-state index contributed by atoms with van der Waals surface area (Å²) < 4.78 is 18.1. The Balaban J connectivity index is 2.36. The normalized spacial score (nSPS) is 19.1. The van der Waals surface area contributed by atoms with E-state index in [0.717, 1.165) is 31.2 Å². The second kappa shape index (κ2) is 3.81. The van der Waals surface area contributed by atoms with Crippen LogP contribution in [-0.2, 0) is 5.60 Å². The van der Waals surface area contributed by atoms with Crippen LogP contribution in [0, 0.1) is 5.82 Å². The number of hydrogen-bond donors (Lipinski definition) is 1. The second-order valence-corrected chi connectivity index (χ2v) is 4.09. The smallest absolute Gasteiger partial charge is 0.165 e. The zero-order valence-electron chi connectivity index (χ0n) is 8.79. The molecule has 2 rings (SSSR count). The predicted molar refractivity (Wildman–Crippen MR) is 55.3 cm³/mol. The third-order valence-electron chi connectivity index (χ3n) is 3.12. The van der Waals surface area contributed by atoms with Crippen molar-refractivity contribution in [3.8, 4) is 5.75 Å². The van der Waals surface area contributed by atoms with Crippen LogP contribution in [0.25, 0.3) is 0 Å². The van der Waals surface area contributed by atoms with Gasteiger partial charge in [0.15, 0.2) is 11.6 Å². The van der Waals surface area contributed by atoms with Crippen molar-refractivity contribution in [1.29, 1.82) is 0 Å². The molecule has 0 unspecified atom stereocenters. The van der Waals surface area contributed by atoms with Crippen LogP contribution in [0.4, 0.5) is 4.39 Å². The molecule has 0 heterocycles. The highest BCUT2D eigenvalue weighted by molar-refractivity contribution is 5.34. The van der Waals surface area contributed by atoms with Crippen molar-refractivity contribution in [3.05, 3.63) is 29.6 Å². The van der Waals surface area contributed by atoms with E-state index in [2.05, 4.69) is 0 Å². The number of methoxy groups -OCH3 is 1. The summed E-state index contributed by atoms with van der Waals surface area (Å²) in [5, 5.41) is 10.3. The maximum Gasteiger partial charge on any atom is 0.165 e. The van der Waals surface area contributed by atoms with E-state index in [-0.39, 0.29) is 11.6 Å². The van der Waals surface area contributed by atoms with Crippen molar-refractivity contribution < 1.29 is 14.2 Å². The first-order chi connectivity index (χ1) is 7.15. The minimum absolute atomic E-state index is 0.202. The summed E-state index contributed by atoms with van der Waals surface area (Å²) >= 11 is 0. The first-order valence-electron chi connectivity index (χ1n) is 5.22. The molecule has 0 aliphatic heterocycles. The first-order valence-corrected chi connectivity index (χ1v) is 5.22. The van der Waals surface area contributed by atoms with E-state index in [1.807, 2.05) is 0 Å². The fraction of sp³-hybridized carbons (Fsp3) is 0.500. The van der Waals surface area contributed by atoms with Gasteiger partial charge < -0.3 is 9.84 Å². The summed E-state index contributed by atoms with van der Waals surface area (Å²) in [6.45, 7) is 0. The van der Waals surface area contributed by atoms with Gasteiger partial charge in [0.1, 0.15) is 0 Å². The Morgan fingerprint density at radius 1 is 1.33 bits per heavy atom. The molecule has 0 bridgehead atoms. The molecule has 0 radical (unpaired) electrons. The van der Waals surface area contributed by atoms with E-state index in [1.54, 1.807) is 12.1 Å². The van der Waals surface area contributed by atoms with Crippen LogP contribution in [0.15, 0.2) is 18.2 Å². The van der Waals surface area contributed by atoms with Crippen molar-refractivity contribution in [2.24, 2.45) is 0 Å². The molecule has 2 nitrogen and oxygen atoms in total. The van der Waals surface area contributed by atoms with Gasteiger partial charge in [-0.2, -0.15) is 0 Å². The molecule has 1 aromatic rings. The molecule has 0 amide bonds. The van der Waals surface area contributed by atoms with Gasteiger partial charge in [0.2, 0.25) is 0 Å². The Bertz CT molecular complexity index is 357. The summed E-state index contributed by atoms with van der Waals surface area (Å²) in [5.74, 6) is -0.185. The molecule has 3 heteroatoms. The molecule has 0 atom stereocenters. The molecule has 1 aliphatic carbocycles. The number of ether oxygens (including phenoxy) is 1. The molecule has 1 aromatic carbocycles. The van der Waals surface area contributed by atoms with Crippen LogP contribution in [0.1, 0.15) is 31.2 Å². The van der Waals surface area contributed by atoms with E-state index in [0.29, 0.717) is 0 Å². The van der Waals surface area contributed by atoms with Gasteiger partial charge in [-0.05, 0) is 30.5 Å². The summed E-state index contributed by atoms with van der Waals surface area (Å²) in [4.78, 5) is 0. The minimum Gasteiger partial charge on any atom is -0.494 e. The van der Waals surface area contributed by atoms with Gasteiger partial charge in [-0.25, -0.2) is 4.39 Å². The Morgan fingerprint density at radius 2 is 2.00 bits per heavy atom.